The summed E-state index contributed by atoms with van der Waals surface area (Å²) >= 11 is 0. The van der Waals surface area contributed by atoms with Crippen molar-refractivity contribution in [3.05, 3.63) is 29.8 Å². The average Bonchev–Trinajstić information content (AvgIpc) is 3.00. The lowest BCUT2D eigenvalue weighted by Crippen LogP contribution is -2.50. The number of sulfonamides is 1. The Morgan fingerprint density at radius 3 is 2.26 bits per heavy atom. The predicted octanol–water partition coefficient (Wildman–Crippen LogP) is 0.994. The zero-order valence-electron chi connectivity index (χ0n) is 13.2. The van der Waals surface area contributed by atoms with Gasteiger partial charge in [-0.2, -0.15) is 0 Å². The van der Waals surface area contributed by atoms with Gasteiger partial charge in [0.25, 0.3) is 10.0 Å². The van der Waals surface area contributed by atoms with Gasteiger partial charge in [-0.15, -0.1) is 0 Å². The standard InChI is InChI=1S/C15H21N3O4S/c1-11-5-7-13(8-6-11)23(21,22)17-15(20)16-12(2)14(19)18-9-3-4-10-18/h5-8,12H,3-4,9-10H2,1-2H3,(H2,16,17,20)/t12-/m0/s1. The third-order valence-corrected chi connectivity index (χ3v) is 5.04. The molecule has 1 fully saturated rings. The molecule has 0 unspecified atom stereocenters. The molecule has 0 aromatic heterocycles. The first-order valence-corrected chi connectivity index (χ1v) is 8.97. The van der Waals surface area contributed by atoms with Crippen LogP contribution in [0.2, 0.25) is 0 Å². The molecule has 1 aliphatic rings. The highest BCUT2D eigenvalue weighted by atomic mass is 32.2. The zero-order valence-corrected chi connectivity index (χ0v) is 14.0. The molecule has 1 heterocycles. The van der Waals surface area contributed by atoms with Gasteiger partial charge in [0.1, 0.15) is 6.04 Å². The fourth-order valence-corrected chi connectivity index (χ4v) is 3.31. The fraction of sp³-hybridized carbons (Fsp3) is 0.467. The summed E-state index contributed by atoms with van der Waals surface area (Å²) in [6.07, 6.45) is 1.90. The van der Waals surface area contributed by atoms with E-state index in [1.165, 1.54) is 12.1 Å². The van der Waals surface area contributed by atoms with Crippen molar-refractivity contribution in [1.29, 1.82) is 0 Å². The van der Waals surface area contributed by atoms with Crippen LogP contribution >= 0.6 is 0 Å². The number of likely N-dealkylation sites (tertiary alicyclic amines) is 1. The summed E-state index contributed by atoms with van der Waals surface area (Å²) in [5.41, 5.74) is 0.915. The van der Waals surface area contributed by atoms with Crippen molar-refractivity contribution in [3.8, 4) is 0 Å². The second kappa shape index (κ2) is 6.99. The maximum atomic E-state index is 12.1. The Hall–Kier alpha value is -2.09. The normalized spacial score (nSPS) is 16.0. The topological polar surface area (TPSA) is 95.6 Å². The van der Waals surface area contributed by atoms with Gasteiger partial charge in [0.05, 0.1) is 4.90 Å². The molecular weight excluding hydrogens is 318 g/mol. The number of rotatable bonds is 4. The number of hydrogen-bond donors (Lipinski definition) is 2. The number of amides is 3. The van der Waals surface area contributed by atoms with Gasteiger partial charge >= 0.3 is 6.03 Å². The molecule has 1 aliphatic heterocycles. The van der Waals surface area contributed by atoms with Gasteiger partial charge in [-0.25, -0.2) is 17.9 Å². The van der Waals surface area contributed by atoms with Crippen LogP contribution in [0.3, 0.4) is 0 Å². The minimum atomic E-state index is -3.95. The molecule has 0 radical (unpaired) electrons. The Kier molecular flexibility index (Phi) is 5.25. The van der Waals surface area contributed by atoms with E-state index in [1.54, 1.807) is 24.0 Å². The molecule has 2 rings (SSSR count). The summed E-state index contributed by atoms with van der Waals surface area (Å²) in [5.74, 6) is -0.203. The van der Waals surface area contributed by atoms with Gasteiger partial charge in [-0.3, -0.25) is 4.79 Å². The van der Waals surface area contributed by atoms with E-state index < -0.39 is 22.1 Å². The molecule has 1 atom stereocenters. The van der Waals surface area contributed by atoms with E-state index in [0.29, 0.717) is 13.1 Å². The second-order valence-corrected chi connectivity index (χ2v) is 7.33. The van der Waals surface area contributed by atoms with Gasteiger partial charge < -0.3 is 10.2 Å². The first-order valence-electron chi connectivity index (χ1n) is 7.48. The van der Waals surface area contributed by atoms with Crippen molar-refractivity contribution in [2.75, 3.05) is 13.1 Å². The molecule has 0 aliphatic carbocycles. The van der Waals surface area contributed by atoms with Gasteiger partial charge in [-0.05, 0) is 38.8 Å². The van der Waals surface area contributed by atoms with Crippen LogP contribution in [0, 0.1) is 6.92 Å². The largest absolute Gasteiger partial charge is 0.341 e. The van der Waals surface area contributed by atoms with Crippen molar-refractivity contribution in [2.45, 2.75) is 37.6 Å². The maximum Gasteiger partial charge on any atom is 0.329 e. The Bertz CT molecular complexity index is 679. The van der Waals surface area contributed by atoms with E-state index >= 15 is 0 Å². The van der Waals surface area contributed by atoms with Crippen molar-refractivity contribution >= 4 is 22.0 Å². The van der Waals surface area contributed by atoms with Crippen molar-refractivity contribution < 1.29 is 18.0 Å². The summed E-state index contributed by atoms with van der Waals surface area (Å²) in [6.45, 7) is 4.73. The molecule has 1 aromatic rings. The quantitative estimate of drug-likeness (QED) is 0.855. The van der Waals surface area contributed by atoms with Crippen molar-refractivity contribution in [3.63, 3.8) is 0 Å². The number of nitrogens with zero attached hydrogens (tertiary/aromatic N) is 1. The van der Waals surface area contributed by atoms with Crippen LogP contribution in [0.5, 0.6) is 0 Å². The Labute approximate surface area is 136 Å². The second-order valence-electron chi connectivity index (χ2n) is 5.65. The number of carbonyl (C=O) groups is 2. The minimum Gasteiger partial charge on any atom is -0.341 e. The monoisotopic (exact) mass is 339 g/mol. The van der Waals surface area contributed by atoms with E-state index in [4.69, 9.17) is 0 Å². The van der Waals surface area contributed by atoms with Crippen LogP contribution in [-0.4, -0.2) is 44.4 Å². The van der Waals surface area contributed by atoms with Crippen LogP contribution in [0.1, 0.15) is 25.3 Å². The molecule has 3 amide bonds. The summed E-state index contributed by atoms with van der Waals surface area (Å²) in [6, 6.07) is 4.44. The number of carbonyl (C=O) groups excluding carboxylic acids is 2. The highest BCUT2D eigenvalue weighted by molar-refractivity contribution is 7.90. The fourth-order valence-electron chi connectivity index (χ4n) is 2.40. The van der Waals surface area contributed by atoms with Crippen LogP contribution in [0.4, 0.5) is 4.79 Å². The number of nitrogens with one attached hydrogen (secondary N) is 2. The molecule has 2 N–H and O–H groups in total. The number of hydrogen-bond acceptors (Lipinski definition) is 4. The van der Waals surface area contributed by atoms with Crippen LogP contribution in [0.15, 0.2) is 29.2 Å². The van der Waals surface area contributed by atoms with Crippen LogP contribution < -0.4 is 10.0 Å². The lowest BCUT2D eigenvalue weighted by molar-refractivity contribution is -0.131. The Morgan fingerprint density at radius 2 is 1.70 bits per heavy atom. The molecule has 0 bridgehead atoms. The van der Waals surface area contributed by atoms with Gasteiger partial charge in [0.15, 0.2) is 0 Å². The molecule has 23 heavy (non-hydrogen) atoms. The van der Waals surface area contributed by atoms with E-state index in [0.717, 1.165) is 18.4 Å². The molecule has 0 saturated carbocycles. The first kappa shape index (κ1) is 17.3. The SMILES string of the molecule is Cc1ccc(S(=O)(=O)NC(=O)N[C@@H](C)C(=O)N2CCCC2)cc1. The molecule has 0 spiro atoms. The predicted molar refractivity (Wildman–Crippen MR) is 85.3 cm³/mol. The molecule has 7 nitrogen and oxygen atoms in total. The number of urea groups is 1. The van der Waals surface area contributed by atoms with Gasteiger partial charge in [-0.1, -0.05) is 17.7 Å². The molecule has 1 saturated heterocycles. The highest BCUT2D eigenvalue weighted by Gasteiger charge is 2.26. The molecular formula is C15H21N3O4S. The summed E-state index contributed by atoms with van der Waals surface area (Å²) < 4.78 is 26.1. The smallest absolute Gasteiger partial charge is 0.329 e. The van der Waals surface area contributed by atoms with E-state index in [-0.39, 0.29) is 10.8 Å². The van der Waals surface area contributed by atoms with Gasteiger partial charge in [0.2, 0.25) is 5.91 Å². The number of benzene rings is 1. The van der Waals surface area contributed by atoms with E-state index in [9.17, 15) is 18.0 Å². The van der Waals surface area contributed by atoms with Crippen LogP contribution in [-0.2, 0) is 14.8 Å². The van der Waals surface area contributed by atoms with Crippen molar-refractivity contribution in [2.24, 2.45) is 0 Å². The lowest BCUT2D eigenvalue weighted by Gasteiger charge is -2.21. The first-order chi connectivity index (χ1) is 10.8. The summed E-state index contributed by atoms with van der Waals surface area (Å²) in [4.78, 5) is 25.6. The molecule has 8 heteroatoms. The minimum absolute atomic E-state index is 0.00299. The average molecular weight is 339 g/mol. The van der Waals surface area contributed by atoms with E-state index in [1.807, 2.05) is 11.6 Å². The maximum absolute atomic E-state index is 12.1. The molecule has 126 valence electrons. The summed E-state index contributed by atoms with van der Waals surface area (Å²) in [7, 11) is -3.95. The van der Waals surface area contributed by atoms with Crippen molar-refractivity contribution in [1.82, 2.24) is 14.9 Å². The lowest BCUT2D eigenvalue weighted by atomic mass is 10.2. The Balaban J connectivity index is 1.95. The third-order valence-electron chi connectivity index (χ3n) is 3.69. The van der Waals surface area contributed by atoms with Crippen LogP contribution in [0.25, 0.3) is 0 Å². The molecule has 1 aromatic carbocycles. The zero-order chi connectivity index (χ0) is 17.0. The summed E-state index contributed by atoms with van der Waals surface area (Å²) in [5, 5.41) is 2.37. The van der Waals surface area contributed by atoms with Gasteiger partial charge in [0, 0.05) is 13.1 Å². The third kappa shape index (κ3) is 4.44. The highest BCUT2D eigenvalue weighted by Crippen LogP contribution is 2.10. The Morgan fingerprint density at radius 1 is 1.13 bits per heavy atom. The number of aryl methyl sites for hydroxylation is 1. The van der Waals surface area contributed by atoms with E-state index in [2.05, 4.69) is 5.32 Å².